The molecule has 0 radical (unpaired) electrons. The molecule has 0 N–H and O–H groups in total. The highest BCUT2D eigenvalue weighted by molar-refractivity contribution is 7.89. The molecule has 1 unspecified atom stereocenters. The molecule has 1 heterocycles. The summed E-state index contributed by atoms with van der Waals surface area (Å²) in [6, 6.07) is 3.76. The molecule has 1 aromatic heterocycles. The largest absolute Gasteiger partial charge is 0.298 e. The SMILES string of the molecule is CC(=S)C(=S)C(C(=O)C1CCCCC1)c1cccnc1. The van der Waals surface area contributed by atoms with Crippen LogP contribution in [0.3, 0.4) is 0 Å². The van der Waals surface area contributed by atoms with Crippen molar-refractivity contribution in [3.05, 3.63) is 30.1 Å². The molecule has 1 aliphatic carbocycles. The van der Waals surface area contributed by atoms with Gasteiger partial charge in [-0.15, -0.1) is 0 Å². The molecule has 1 saturated carbocycles. The highest BCUT2D eigenvalue weighted by atomic mass is 32.1. The van der Waals surface area contributed by atoms with E-state index in [1.807, 2.05) is 12.1 Å². The second-order valence-electron chi connectivity index (χ2n) is 5.38. The van der Waals surface area contributed by atoms with Gasteiger partial charge in [0.15, 0.2) is 0 Å². The summed E-state index contributed by atoms with van der Waals surface area (Å²) in [7, 11) is 0. The highest BCUT2D eigenvalue weighted by Crippen LogP contribution is 2.31. The summed E-state index contributed by atoms with van der Waals surface area (Å²) in [6.07, 6.45) is 8.91. The third-order valence-corrected chi connectivity index (χ3v) is 4.81. The van der Waals surface area contributed by atoms with Crippen LogP contribution in [0.1, 0.15) is 50.5 Å². The Kier molecular flexibility index (Phi) is 5.49. The number of aromatic nitrogens is 1. The predicted molar refractivity (Wildman–Crippen MR) is 89.4 cm³/mol. The summed E-state index contributed by atoms with van der Waals surface area (Å²) in [5.41, 5.74) is 0.872. The maximum Gasteiger partial charge on any atom is 0.148 e. The zero-order chi connectivity index (χ0) is 14.5. The molecule has 0 bridgehead atoms. The first-order chi connectivity index (χ1) is 9.61. The second-order valence-corrected chi connectivity index (χ2v) is 6.43. The number of Topliss-reactive ketones (excluding diaryl/α,β-unsaturated/α-hetero) is 1. The van der Waals surface area contributed by atoms with Crippen LogP contribution in [0.2, 0.25) is 0 Å². The van der Waals surface area contributed by atoms with Crippen LogP contribution in [0.15, 0.2) is 24.5 Å². The van der Waals surface area contributed by atoms with E-state index in [4.69, 9.17) is 24.4 Å². The molecule has 0 amide bonds. The maximum atomic E-state index is 12.9. The van der Waals surface area contributed by atoms with Gasteiger partial charge in [0.2, 0.25) is 0 Å². The Balaban J connectivity index is 2.29. The van der Waals surface area contributed by atoms with Gasteiger partial charge in [0, 0.05) is 28.0 Å². The topological polar surface area (TPSA) is 30.0 Å². The van der Waals surface area contributed by atoms with Crippen LogP contribution in [-0.4, -0.2) is 20.5 Å². The molecule has 0 aromatic carbocycles. The lowest BCUT2D eigenvalue weighted by Gasteiger charge is -2.25. The molecular weight excluding hydrogens is 286 g/mol. The van der Waals surface area contributed by atoms with Crippen molar-refractivity contribution >= 4 is 39.9 Å². The number of hydrogen-bond acceptors (Lipinski definition) is 4. The first-order valence-corrected chi connectivity index (χ1v) is 7.91. The van der Waals surface area contributed by atoms with Crippen LogP contribution < -0.4 is 0 Å². The van der Waals surface area contributed by atoms with Gasteiger partial charge >= 0.3 is 0 Å². The summed E-state index contributed by atoms with van der Waals surface area (Å²) in [5, 5.41) is 0. The zero-order valence-corrected chi connectivity index (χ0v) is 13.3. The Labute approximate surface area is 131 Å². The normalized spacial score (nSPS) is 17.4. The number of carbonyl (C=O) groups excluding carboxylic acids is 1. The van der Waals surface area contributed by atoms with Gasteiger partial charge in [-0.05, 0) is 31.4 Å². The molecule has 4 heteroatoms. The number of thiocarbonyl (C=S) groups is 2. The molecule has 20 heavy (non-hydrogen) atoms. The van der Waals surface area contributed by atoms with Crippen LogP contribution >= 0.6 is 24.4 Å². The van der Waals surface area contributed by atoms with Crippen LogP contribution in [0, 0.1) is 5.92 Å². The second kappa shape index (κ2) is 7.14. The Morgan fingerprint density at radius 2 is 2.00 bits per heavy atom. The van der Waals surface area contributed by atoms with Gasteiger partial charge < -0.3 is 0 Å². The van der Waals surface area contributed by atoms with Gasteiger partial charge in [0.1, 0.15) is 5.78 Å². The predicted octanol–water partition coefficient (Wildman–Crippen LogP) is 4.07. The Morgan fingerprint density at radius 1 is 1.30 bits per heavy atom. The minimum atomic E-state index is -0.390. The molecule has 0 saturated heterocycles. The maximum absolute atomic E-state index is 12.9. The number of nitrogens with zero attached hydrogens (tertiary/aromatic N) is 1. The van der Waals surface area contributed by atoms with E-state index in [1.54, 1.807) is 19.3 Å². The van der Waals surface area contributed by atoms with E-state index in [-0.39, 0.29) is 17.6 Å². The first-order valence-electron chi connectivity index (χ1n) is 7.09. The van der Waals surface area contributed by atoms with Crippen molar-refractivity contribution < 1.29 is 4.79 Å². The molecule has 1 atom stereocenters. The van der Waals surface area contributed by atoms with Crippen LogP contribution in [0.25, 0.3) is 0 Å². The van der Waals surface area contributed by atoms with E-state index in [2.05, 4.69) is 4.98 Å². The number of ketones is 1. The van der Waals surface area contributed by atoms with Crippen molar-refractivity contribution in [1.29, 1.82) is 0 Å². The standard InChI is InChI=1S/C16H19NOS2/c1-11(19)16(20)14(13-8-5-9-17-10-13)15(18)12-6-3-2-4-7-12/h5,8-10,12,14H,2-4,6-7H2,1H3. The van der Waals surface area contributed by atoms with Crippen molar-refractivity contribution in [2.75, 3.05) is 0 Å². The molecule has 0 aliphatic heterocycles. The lowest BCUT2D eigenvalue weighted by molar-refractivity contribution is -0.123. The number of carbonyl (C=O) groups is 1. The highest BCUT2D eigenvalue weighted by Gasteiger charge is 2.32. The van der Waals surface area contributed by atoms with E-state index in [1.165, 1.54) is 6.42 Å². The lowest BCUT2D eigenvalue weighted by atomic mass is 9.78. The number of hydrogen-bond donors (Lipinski definition) is 0. The summed E-state index contributed by atoms with van der Waals surface area (Å²) in [4.78, 5) is 18.2. The minimum absolute atomic E-state index is 0.126. The van der Waals surface area contributed by atoms with E-state index in [0.29, 0.717) is 9.73 Å². The van der Waals surface area contributed by atoms with E-state index in [0.717, 1.165) is 31.2 Å². The third-order valence-electron chi connectivity index (χ3n) is 3.92. The Hall–Kier alpha value is -1.00. The van der Waals surface area contributed by atoms with E-state index < -0.39 is 0 Å². The average Bonchev–Trinajstić information content (AvgIpc) is 2.49. The molecule has 1 aliphatic rings. The van der Waals surface area contributed by atoms with Crippen molar-refractivity contribution in [2.45, 2.75) is 44.9 Å². The lowest BCUT2D eigenvalue weighted by Crippen LogP contribution is -2.31. The van der Waals surface area contributed by atoms with Gasteiger partial charge in [0.05, 0.1) is 5.92 Å². The van der Waals surface area contributed by atoms with Gasteiger partial charge in [-0.3, -0.25) is 9.78 Å². The number of rotatable bonds is 5. The van der Waals surface area contributed by atoms with Crippen molar-refractivity contribution in [3.63, 3.8) is 0 Å². The van der Waals surface area contributed by atoms with Crippen molar-refractivity contribution in [1.82, 2.24) is 4.98 Å². The van der Waals surface area contributed by atoms with Gasteiger partial charge in [-0.25, -0.2) is 0 Å². The fourth-order valence-corrected chi connectivity index (χ4v) is 3.19. The average molecular weight is 305 g/mol. The monoisotopic (exact) mass is 305 g/mol. The summed E-state index contributed by atoms with van der Waals surface area (Å²) in [5.74, 6) is -0.0348. The molecular formula is C16H19NOS2. The van der Waals surface area contributed by atoms with Gasteiger partial charge in [-0.1, -0.05) is 49.8 Å². The third kappa shape index (κ3) is 3.55. The zero-order valence-electron chi connectivity index (χ0n) is 11.7. The number of pyridine rings is 1. The van der Waals surface area contributed by atoms with E-state index in [9.17, 15) is 4.79 Å². The summed E-state index contributed by atoms with van der Waals surface area (Å²) < 4.78 is 0. The Bertz CT molecular complexity index is 506. The fraction of sp³-hybridized carbons (Fsp3) is 0.500. The van der Waals surface area contributed by atoms with Crippen molar-refractivity contribution in [3.8, 4) is 0 Å². The molecule has 0 spiro atoms. The van der Waals surface area contributed by atoms with Crippen LogP contribution in [0.5, 0.6) is 0 Å². The first kappa shape index (κ1) is 15.4. The van der Waals surface area contributed by atoms with Crippen LogP contribution in [0.4, 0.5) is 0 Å². The quantitative estimate of drug-likeness (QED) is 0.767. The molecule has 106 valence electrons. The Morgan fingerprint density at radius 3 is 2.55 bits per heavy atom. The minimum Gasteiger partial charge on any atom is -0.298 e. The summed E-state index contributed by atoms with van der Waals surface area (Å²) in [6.45, 7) is 1.80. The molecule has 1 fully saturated rings. The molecule has 2 nitrogen and oxygen atoms in total. The summed E-state index contributed by atoms with van der Waals surface area (Å²) >= 11 is 10.6. The fourth-order valence-electron chi connectivity index (χ4n) is 2.82. The van der Waals surface area contributed by atoms with Crippen molar-refractivity contribution in [2.24, 2.45) is 5.92 Å². The van der Waals surface area contributed by atoms with Gasteiger partial charge in [0.25, 0.3) is 0 Å². The molecule has 1 aromatic rings. The van der Waals surface area contributed by atoms with E-state index >= 15 is 0 Å². The molecule has 2 rings (SSSR count). The van der Waals surface area contributed by atoms with Crippen LogP contribution in [-0.2, 0) is 4.79 Å². The smallest absolute Gasteiger partial charge is 0.148 e. The van der Waals surface area contributed by atoms with Gasteiger partial charge in [-0.2, -0.15) is 0 Å².